The first-order valence-corrected chi connectivity index (χ1v) is 5.35. The maximum atomic E-state index is 12.6. The van der Waals surface area contributed by atoms with Crippen molar-refractivity contribution in [1.82, 2.24) is 9.38 Å². The number of fused-ring (bicyclic) bond motifs is 1. The zero-order chi connectivity index (χ0) is 13.6. The molecule has 0 aromatic carbocycles. The minimum absolute atomic E-state index is 0.124. The fourth-order valence-corrected chi connectivity index (χ4v) is 1.83. The molecule has 0 radical (unpaired) electrons. The Bertz CT molecular complexity index is 729. The van der Waals surface area contributed by atoms with E-state index in [1.807, 2.05) is 0 Å². The van der Waals surface area contributed by atoms with Crippen molar-refractivity contribution in [3.05, 3.63) is 42.3 Å². The Morgan fingerprint density at radius 1 is 1.26 bits per heavy atom. The van der Waals surface area contributed by atoms with Crippen LogP contribution in [0.4, 0.5) is 19.0 Å². The Hall–Kier alpha value is -2.44. The molecule has 3 rings (SSSR count). The number of alkyl halides is 3. The molecule has 0 aliphatic heterocycles. The number of hydrogen-bond donors (Lipinski definition) is 1. The average molecular weight is 267 g/mol. The summed E-state index contributed by atoms with van der Waals surface area (Å²) in [6, 6.07) is 5.20. The Kier molecular flexibility index (Phi) is 2.31. The number of hydrogen-bond acceptors (Lipinski definition) is 3. The third-order valence-corrected chi connectivity index (χ3v) is 2.74. The summed E-state index contributed by atoms with van der Waals surface area (Å²) in [6.45, 7) is 0. The molecule has 0 atom stereocenters. The van der Waals surface area contributed by atoms with Gasteiger partial charge in [-0.05, 0) is 24.3 Å². The fourth-order valence-electron chi connectivity index (χ4n) is 1.83. The van der Waals surface area contributed by atoms with E-state index in [0.29, 0.717) is 11.5 Å². The molecule has 0 fully saturated rings. The monoisotopic (exact) mass is 267 g/mol. The van der Waals surface area contributed by atoms with E-state index in [2.05, 4.69) is 4.98 Å². The molecule has 0 bridgehead atoms. The second-order valence-electron chi connectivity index (χ2n) is 3.96. The smallest absolute Gasteiger partial charge is 0.416 e. The lowest BCUT2D eigenvalue weighted by Crippen LogP contribution is -2.05. The number of nitrogens with zero attached hydrogens (tertiary/aromatic N) is 2. The molecule has 0 unspecified atom stereocenters. The van der Waals surface area contributed by atoms with E-state index in [9.17, 15) is 13.2 Å². The Morgan fingerprint density at radius 2 is 2.05 bits per heavy atom. The molecule has 7 heteroatoms. The lowest BCUT2D eigenvalue weighted by atomic mass is 10.2. The molecule has 0 saturated carbocycles. The van der Waals surface area contributed by atoms with Gasteiger partial charge in [-0.25, -0.2) is 4.98 Å². The molecule has 2 N–H and O–H groups in total. The fraction of sp³-hybridized carbons (Fsp3) is 0.0833. The number of pyridine rings is 1. The van der Waals surface area contributed by atoms with Crippen LogP contribution >= 0.6 is 0 Å². The van der Waals surface area contributed by atoms with Gasteiger partial charge in [0.05, 0.1) is 11.8 Å². The predicted molar refractivity (Wildman–Crippen MR) is 62.3 cm³/mol. The maximum Gasteiger partial charge on any atom is 0.416 e. The van der Waals surface area contributed by atoms with Gasteiger partial charge in [0.2, 0.25) is 0 Å². The van der Waals surface area contributed by atoms with Gasteiger partial charge in [0, 0.05) is 6.20 Å². The summed E-state index contributed by atoms with van der Waals surface area (Å²) < 4.78 is 44.4. The van der Waals surface area contributed by atoms with Gasteiger partial charge in [0.1, 0.15) is 17.2 Å². The number of imidazole rings is 1. The van der Waals surface area contributed by atoms with Crippen LogP contribution in [0.2, 0.25) is 0 Å². The van der Waals surface area contributed by atoms with Crippen molar-refractivity contribution in [3.8, 4) is 11.5 Å². The molecule has 19 heavy (non-hydrogen) atoms. The highest BCUT2D eigenvalue weighted by Gasteiger charge is 2.31. The zero-order valence-corrected chi connectivity index (χ0v) is 9.48. The van der Waals surface area contributed by atoms with Crippen molar-refractivity contribution in [2.45, 2.75) is 6.18 Å². The molecule has 0 saturated heterocycles. The first-order chi connectivity index (χ1) is 8.97. The second-order valence-corrected chi connectivity index (χ2v) is 3.96. The van der Waals surface area contributed by atoms with Gasteiger partial charge in [0.15, 0.2) is 5.76 Å². The molecule has 4 nitrogen and oxygen atoms in total. The molecule has 0 amide bonds. The van der Waals surface area contributed by atoms with Crippen LogP contribution in [0, 0.1) is 0 Å². The summed E-state index contributed by atoms with van der Waals surface area (Å²) in [5.74, 6) is 0.647. The van der Waals surface area contributed by atoms with Gasteiger partial charge in [-0.1, -0.05) is 0 Å². The highest BCUT2D eigenvalue weighted by molar-refractivity contribution is 5.71. The van der Waals surface area contributed by atoms with E-state index in [1.54, 1.807) is 12.1 Å². The third-order valence-electron chi connectivity index (χ3n) is 2.74. The highest BCUT2D eigenvalue weighted by atomic mass is 19.4. The summed E-state index contributed by atoms with van der Waals surface area (Å²) in [5.41, 5.74) is 5.53. The normalized spacial score (nSPS) is 12.2. The summed E-state index contributed by atoms with van der Waals surface area (Å²) >= 11 is 0. The van der Waals surface area contributed by atoms with E-state index in [-0.39, 0.29) is 11.5 Å². The van der Waals surface area contributed by atoms with Crippen LogP contribution in [-0.2, 0) is 6.18 Å². The average Bonchev–Trinajstić information content (AvgIpc) is 2.96. The summed E-state index contributed by atoms with van der Waals surface area (Å²) in [4.78, 5) is 4.07. The van der Waals surface area contributed by atoms with Gasteiger partial charge in [0.25, 0.3) is 0 Å². The van der Waals surface area contributed by atoms with Crippen LogP contribution in [0.15, 0.2) is 41.1 Å². The minimum Gasteiger partial charge on any atom is -0.463 e. The maximum absolute atomic E-state index is 12.6. The summed E-state index contributed by atoms with van der Waals surface area (Å²) in [5, 5.41) is 0. The lowest BCUT2D eigenvalue weighted by Gasteiger charge is -2.06. The third kappa shape index (κ3) is 1.83. The van der Waals surface area contributed by atoms with Gasteiger partial charge in [-0.2, -0.15) is 13.2 Å². The van der Waals surface area contributed by atoms with Crippen LogP contribution < -0.4 is 5.73 Å². The first kappa shape index (κ1) is 11.6. The van der Waals surface area contributed by atoms with E-state index >= 15 is 0 Å². The van der Waals surface area contributed by atoms with Gasteiger partial charge in [-0.3, -0.25) is 4.40 Å². The Labute approximate surface area is 105 Å². The molecule has 3 heterocycles. The van der Waals surface area contributed by atoms with Crippen molar-refractivity contribution in [1.29, 1.82) is 0 Å². The minimum atomic E-state index is -4.41. The molecule has 98 valence electrons. The van der Waals surface area contributed by atoms with E-state index in [4.69, 9.17) is 10.2 Å². The first-order valence-electron chi connectivity index (χ1n) is 5.35. The molecular weight excluding hydrogens is 259 g/mol. The number of furan rings is 1. The Morgan fingerprint density at radius 3 is 2.68 bits per heavy atom. The molecule has 0 spiro atoms. The molecule has 3 aromatic heterocycles. The van der Waals surface area contributed by atoms with Gasteiger partial charge < -0.3 is 10.2 Å². The van der Waals surface area contributed by atoms with Crippen molar-refractivity contribution in [2.75, 3.05) is 5.73 Å². The topological polar surface area (TPSA) is 56.5 Å². The van der Waals surface area contributed by atoms with Crippen molar-refractivity contribution in [2.24, 2.45) is 0 Å². The zero-order valence-electron chi connectivity index (χ0n) is 9.48. The molecular formula is C12H8F3N3O. The predicted octanol–water partition coefficient (Wildman–Crippen LogP) is 3.20. The van der Waals surface area contributed by atoms with Crippen LogP contribution in [0.1, 0.15) is 5.56 Å². The largest absolute Gasteiger partial charge is 0.463 e. The van der Waals surface area contributed by atoms with Gasteiger partial charge >= 0.3 is 6.18 Å². The van der Waals surface area contributed by atoms with Gasteiger partial charge in [-0.15, -0.1) is 0 Å². The number of nitrogen functional groups attached to an aromatic ring is 1. The summed E-state index contributed by atoms with van der Waals surface area (Å²) in [7, 11) is 0. The highest BCUT2D eigenvalue weighted by Crippen LogP contribution is 2.32. The Balaban J connectivity index is 2.21. The second kappa shape index (κ2) is 3.78. The van der Waals surface area contributed by atoms with E-state index in [0.717, 1.165) is 12.1 Å². The SMILES string of the molecule is Nc1c(-c2ccco2)nc2cc(C(F)(F)F)ccn12. The van der Waals surface area contributed by atoms with Crippen LogP contribution in [-0.4, -0.2) is 9.38 Å². The molecule has 0 aliphatic rings. The quantitative estimate of drug-likeness (QED) is 0.736. The standard InChI is InChI=1S/C12H8F3N3O/c13-12(14,15)7-3-4-18-9(6-7)17-10(11(18)16)8-2-1-5-19-8/h1-6H,16H2. The van der Waals surface area contributed by atoms with E-state index in [1.165, 1.54) is 16.9 Å². The number of halogens is 3. The summed E-state index contributed by atoms with van der Waals surface area (Å²) in [6.07, 6.45) is -1.72. The molecule has 0 aliphatic carbocycles. The lowest BCUT2D eigenvalue weighted by molar-refractivity contribution is -0.137. The number of nitrogens with two attached hydrogens (primary N) is 1. The number of anilines is 1. The van der Waals surface area contributed by atoms with E-state index < -0.39 is 11.7 Å². The van der Waals surface area contributed by atoms with Crippen LogP contribution in [0.5, 0.6) is 0 Å². The van der Waals surface area contributed by atoms with Crippen LogP contribution in [0.3, 0.4) is 0 Å². The van der Waals surface area contributed by atoms with Crippen molar-refractivity contribution < 1.29 is 17.6 Å². The van der Waals surface area contributed by atoms with Crippen molar-refractivity contribution in [3.63, 3.8) is 0 Å². The number of rotatable bonds is 1. The number of aromatic nitrogens is 2. The molecule has 3 aromatic rings. The van der Waals surface area contributed by atoms with Crippen molar-refractivity contribution >= 4 is 11.5 Å². The van der Waals surface area contributed by atoms with Crippen LogP contribution in [0.25, 0.3) is 17.1 Å².